The van der Waals surface area contributed by atoms with Crippen molar-refractivity contribution in [3.63, 3.8) is 0 Å². The summed E-state index contributed by atoms with van der Waals surface area (Å²) in [4.78, 5) is 15.0. The maximum Gasteiger partial charge on any atom is 0.262 e. The van der Waals surface area contributed by atoms with Crippen LogP contribution in [0, 0.1) is 10.1 Å². The molecule has 0 unspecified atom stereocenters. The van der Waals surface area contributed by atoms with Gasteiger partial charge in [-0.2, -0.15) is 0 Å². The summed E-state index contributed by atoms with van der Waals surface area (Å²) in [7, 11) is 0. The second kappa shape index (κ2) is 9.22. The van der Waals surface area contributed by atoms with Gasteiger partial charge in [0.1, 0.15) is 11.4 Å². The van der Waals surface area contributed by atoms with Gasteiger partial charge in [0.15, 0.2) is 0 Å². The topological polar surface area (TPSA) is 98.8 Å². The van der Waals surface area contributed by atoms with Gasteiger partial charge in [-0.15, -0.1) is 0 Å². The number of nitrogens with zero attached hydrogens (tertiary/aromatic N) is 2. The maximum absolute atomic E-state index is 12.5. The molecule has 3 aromatic carbocycles. The number of nitro benzene ring substituents is 1. The molecule has 3 rings (SSSR count). The number of phenolic OH excluding ortho intramolecular Hbond substituents is 1. The fourth-order valence-corrected chi connectivity index (χ4v) is 3.19. The van der Waals surface area contributed by atoms with E-state index < -0.39 is 16.4 Å². The lowest BCUT2D eigenvalue weighted by Gasteiger charge is -2.14. The lowest BCUT2D eigenvalue weighted by molar-refractivity contribution is -0.398. The summed E-state index contributed by atoms with van der Waals surface area (Å²) in [6.07, 6.45) is 2.68. The Bertz CT molecular complexity index is 1080. The van der Waals surface area contributed by atoms with Crippen LogP contribution in [0.3, 0.4) is 0 Å². The number of rotatable bonds is 7. The number of aromatic hydroxyl groups is 1. The van der Waals surface area contributed by atoms with Gasteiger partial charge >= 0.3 is 0 Å². The van der Waals surface area contributed by atoms with Gasteiger partial charge in [0.2, 0.25) is 0 Å². The standard InChI is InChI=1S/C24H24N2O4/c1-3-16(2)19-9-10-23(27)21(14-19)25-15-20-12-18(11-17-7-5-4-6-8-17)13-22(24(20)28)26(29)30/h4-10,12-16,27-28H,3,11H2,1-2H3/p-1/t16-/m0/s1. The molecular formula is C24H23N2O4-. The average Bonchev–Trinajstić information content (AvgIpc) is 2.74. The van der Waals surface area contributed by atoms with E-state index in [1.165, 1.54) is 12.3 Å². The number of aliphatic imine (C=N–C) groups is 1. The molecule has 0 bridgehead atoms. The highest BCUT2D eigenvalue weighted by molar-refractivity contribution is 5.88. The normalized spacial score (nSPS) is 12.2. The molecule has 1 atom stereocenters. The molecule has 30 heavy (non-hydrogen) atoms. The van der Waals surface area contributed by atoms with Gasteiger partial charge in [0, 0.05) is 12.3 Å². The Hall–Kier alpha value is -3.67. The van der Waals surface area contributed by atoms with Gasteiger partial charge in [-0.05, 0) is 65.0 Å². The third kappa shape index (κ3) is 4.84. The molecule has 0 saturated carbocycles. The van der Waals surface area contributed by atoms with E-state index in [1.807, 2.05) is 36.4 Å². The second-order valence-corrected chi connectivity index (χ2v) is 7.27. The highest BCUT2D eigenvalue weighted by Crippen LogP contribution is 2.33. The first kappa shape index (κ1) is 21.0. The van der Waals surface area contributed by atoms with Gasteiger partial charge in [-0.3, -0.25) is 15.1 Å². The van der Waals surface area contributed by atoms with Crippen LogP contribution in [-0.4, -0.2) is 16.2 Å². The minimum atomic E-state index is -0.696. The SMILES string of the molecule is CC[C@H](C)c1ccc(O)c(N=Cc2cc(Cc3ccccc3)cc([N+](=O)[O-])c2[O-])c1. The summed E-state index contributed by atoms with van der Waals surface area (Å²) in [5, 5.41) is 34.1. The monoisotopic (exact) mass is 403 g/mol. The zero-order valence-corrected chi connectivity index (χ0v) is 16.9. The lowest BCUT2D eigenvalue weighted by Crippen LogP contribution is -2.04. The summed E-state index contributed by atoms with van der Waals surface area (Å²) in [6.45, 7) is 4.15. The minimum Gasteiger partial charge on any atom is -0.867 e. The van der Waals surface area contributed by atoms with E-state index in [0.717, 1.165) is 17.5 Å². The fourth-order valence-electron chi connectivity index (χ4n) is 3.19. The van der Waals surface area contributed by atoms with Crippen molar-refractivity contribution in [3.05, 3.63) is 93.0 Å². The summed E-state index contributed by atoms with van der Waals surface area (Å²) < 4.78 is 0. The number of phenols is 1. The van der Waals surface area contributed by atoms with Crippen molar-refractivity contribution in [2.75, 3.05) is 0 Å². The zero-order chi connectivity index (χ0) is 21.7. The van der Waals surface area contributed by atoms with Crippen molar-refractivity contribution in [2.24, 2.45) is 4.99 Å². The highest BCUT2D eigenvalue weighted by Gasteiger charge is 2.13. The molecule has 154 valence electrons. The van der Waals surface area contributed by atoms with E-state index in [0.29, 0.717) is 23.6 Å². The maximum atomic E-state index is 12.5. The molecule has 0 spiro atoms. The summed E-state index contributed by atoms with van der Waals surface area (Å²) >= 11 is 0. The van der Waals surface area contributed by atoms with Crippen LogP contribution in [0.4, 0.5) is 11.4 Å². The Kier molecular flexibility index (Phi) is 6.47. The van der Waals surface area contributed by atoms with E-state index in [9.17, 15) is 20.3 Å². The Morgan fingerprint density at radius 2 is 1.83 bits per heavy atom. The zero-order valence-electron chi connectivity index (χ0n) is 16.9. The first-order chi connectivity index (χ1) is 14.4. The van der Waals surface area contributed by atoms with Crippen LogP contribution in [0.5, 0.6) is 11.5 Å². The van der Waals surface area contributed by atoms with Gasteiger partial charge in [0.05, 0.1) is 4.92 Å². The Labute approximate surface area is 175 Å². The van der Waals surface area contributed by atoms with Gasteiger partial charge in [-0.1, -0.05) is 50.2 Å². The minimum absolute atomic E-state index is 0.0132. The van der Waals surface area contributed by atoms with Crippen LogP contribution in [-0.2, 0) is 6.42 Å². The van der Waals surface area contributed by atoms with Crippen molar-refractivity contribution >= 4 is 17.6 Å². The number of nitro groups is 1. The molecular weight excluding hydrogens is 380 g/mol. The van der Waals surface area contributed by atoms with Gasteiger partial charge in [-0.25, -0.2) is 0 Å². The molecule has 0 aliphatic rings. The summed E-state index contributed by atoms with van der Waals surface area (Å²) in [6, 6.07) is 17.6. The van der Waals surface area contributed by atoms with Crippen molar-refractivity contribution in [3.8, 4) is 11.5 Å². The molecule has 0 radical (unpaired) electrons. The highest BCUT2D eigenvalue weighted by atomic mass is 16.6. The third-order valence-electron chi connectivity index (χ3n) is 5.13. The molecule has 0 fully saturated rings. The van der Waals surface area contributed by atoms with E-state index in [1.54, 1.807) is 18.2 Å². The molecule has 0 heterocycles. The molecule has 0 saturated heterocycles. The first-order valence-electron chi connectivity index (χ1n) is 9.78. The summed E-state index contributed by atoms with van der Waals surface area (Å²) in [5.74, 6) is -0.413. The van der Waals surface area contributed by atoms with Crippen LogP contribution in [0.1, 0.15) is 48.4 Å². The van der Waals surface area contributed by atoms with E-state index in [4.69, 9.17) is 0 Å². The van der Waals surface area contributed by atoms with E-state index in [2.05, 4.69) is 18.8 Å². The van der Waals surface area contributed by atoms with Gasteiger partial charge in [0.25, 0.3) is 5.69 Å². The van der Waals surface area contributed by atoms with Crippen LogP contribution in [0.25, 0.3) is 0 Å². The second-order valence-electron chi connectivity index (χ2n) is 7.27. The molecule has 1 N–H and O–H groups in total. The Morgan fingerprint density at radius 3 is 2.50 bits per heavy atom. The summed E-state index contributed by atoms with van der Waals surface area (Å²) in [5.41, 5.74) is 2.60. The third-order valence-corrected chi connectivity index (χ3v) is 5.13. The molecule has 3 aromatic rings. The molecule has 0 aromatic heterocycles. The van der Waals surface area contributed by atoms with Crippen LogP contribution in [0.15, 0.2) is 65.7 Å². The lowest BCUT2D eigenvalue weighted by atomic mass is 9.98. The largest absolute Gasteiger partial charge is 0.867 e. The Morgan fingerprint density at radius 1 is 1.10 bits per heavy atom. The van der Waals surface area contributed by atoms with Crippen molar-refractivity contribution in [2.45, 2.75) is 32.6 Å². The molecule has 6 heteroatoms. The molecule has 0 aliphatic heterocycles. The number of hydrogen-bond acceptors (Lipinski definition) is 5. The Balaban J connectivity index is 2.00. The fraction of sp³-hybridized carbons (Fsp3) is 0.208. The van der Waals surface area contributed by atoms with Gasteiger partial charge < -0.3 is 10.2 Å². The molecule has 0 aliphatic carbocycles. The van der Waals surface area contributed by atoms with Crippen molar-refractivity contribution in [1.82, 2.24) is 0 Å². The average molecular weight is 403 g/mol. The van der Waals surface area contributed by atoms with E-state index >= 15 is 0 Å². The number of benzene rings is 3. The molecule has 0 amide bonds. The van der Waals surface area contributed by atoms with Crippen LogP contribution in [0.2, 0.25) is 0 Å². The smallest absolute Gasteiger partial charge is 0.262 e. The van der Waals surface area contributed by atoms with Crippen LogP contribution >= 0.6 is 0 Å². The first-order valence-corrected chi connectivity index (χ1v) is 9.78. The predicted octanol–water partition coefficient (Wildman–Crippen LogP) is 5.23. The molecule has 6 nitrogen and oxygen atoms in total. The predicted molar refractivity (Wildman–Crippen MR) is 116 cm³/mol. The quantitative estimate of drug-likeness (QED) is 0.332. The van der Waals surface area contributed by atoms with Crippen molar-refractivity contribution < 1.29 is 15.1 Å². The van der Waals surface area contributed by atoms with E-state index in [-0.39, 0.29) is 11.3 Å². The van der Waals surface area contributed by atoms with Crippen molar-refractivity contribution in [1.29, 1.82) is 0 Å². The number of hydrogen-bond donors (Lipinski definition) is 1. The van der Waals surface area contributed by atoms with Crippen LogP contribution < -0.4 is 5.11 Å².